The number of fused-ring (bicyclic) bond motifs is 1. The van der Waals surface area contributed by atoms with Gasteiger partial charge in [-0.1, -0.05) is 32.1 Å². The topological polar surface area (TPSA) is 131 Å². The smallest absolute Gasteiger partial charge is 0.416 e. The lowest BCUT2D eigenvalue weighted by molar-refractivity contribution is -0.137. The second-order valence-corrected chi connectivity index (χ2v) is 8.53. The van der Waals surface area contributed by atoms with Crippen LogP contribution in [0.3, 0.4) is 0 Å². The number of hydrogen-bond donors (Lipinski definition) is 3. The molecule has 3 rings (SSSR count). The number of halogens is 3. The van der Waals surface area contributed by atoms with E-state index in [1.165, 1.54) is 0 Å². The van der Waals surface area contributed by atoms with Crippen LogP contribution in [-0.4, -0.2) is 16.1 Å². The van der Waals surface area contributed by atoms with E-state index < -0.39 is 23.1 Å². The third-order valence-corrected chi connectivity index (χ3v) is 5.98. The van der Waals surface area contributed by atoms with Gasteiger partial charge in [-0.25, -0.2) is 5.10 Å². The highest BCUT2D eigenvalue weighted by Crippen LogP contribution is 2.53. The van der Waals surface area contributed by atoms with Crippen molar-refractivity contribution in [1.29, 1.82) is 5.26 Å². The largest absolute Gasteiger partial charge is 0.422 e. The van der Waals surface area contributed by atoms with Crippen molar-refractivity contribution in [2.45, 2.75) is 51.6 Å². The van der Waals surface area contributed by atoms with E-state index >= 15 is 0 Å². The molecule has 1 amide bonds. The first kappa shape index (κ1) is 24.9. The number of aromatic amines is 1. The molecule has 180 valence electrons. The molecule has 0 saturated heterocycles. The zero-order valence-electron chi connectivity index (χ0n) is 19.1. The minimum atomic E-state index is -4.62. The van der Waals surface area contributed by atoms with Crippen LogP contribution >= 0.6 is 0 Å². The lowest BCUT2D eigenvalue weighted by atomic mass is 9.61. The van der Waals surface area contributed by atoms with Crippen molar-refractivity contribution in [2.24, 2.45) is 17.4 Å². The van der Waals surface area contributed by atoms with Crippen LogP contribution in [0.15, 0.2) is 35.7 Å². The zero-order valence-corrected chi connectivity index (χ0v) is 19.1. The van der Waals surface area contributed by atoms with E-state index in [0.717, 1.165) is 12.1 Å². The normalized spacial score (nSPS) is 18.2. The molecule has 1 unspecified atom stereocenters. The first-order valence-corrected chi connectivity index (χ1v) is 10.7. The van der Waals surface area contributed by atoms with E-state index in [1.807, 2.05) is 13.8 Å². The van der Waals surface area contributed by atoms with Gasteiger partial charge >= 0.3 is 6.18 Å². The minimum absolute atomic E-state index is 0.0233. The highest BCUT2D eigenvalue weighted by atomic mass is 19.4. The van der Waals surface area contributed by atoms with Crippen molar-refractivity contribution in [2.75, 3.05) is 0 Å². The maximum Gasteiger partial charge on any atom is 0.416 e. The number of carbonyl (C=O) groups excluding carboxylic acids is 1. The summed E-state index contributed by atoms with van der Waals surface area (Å²) in [7, 11) is 0. The maximum absolute atomic E-state index is 13.9. The third-order valence-electron chi connectivity index (χ3n) is 5.98. The number of hydrogen-bond acceptors (Lipinski definition) is 5. The number of ether oxygens (including phenoxy) is 1. The number of carbonyl (C=O) groups is 1. The van der Waals surface area contributed by atoms with E-state index in [4.69, 9.17) is 16.2 Å². The molecular formula is C24H26F3N5O2. The number of benzene rings is 1. The molecule has 34 heavy (non-hydrogen) atoms. The summed E-state index contributed by atoms with van der Waals surface area (Å²) in [6, 6.07) is 5.79. The van der Waals surface area contributed by atoms with E-state index in [0.29, 0.717) is 29.7 Å². The molecule has 2 heterocycles. The van der Waals surface area contributed by atoms with Crippen molar-refractivity contribution in [3.8, 4) is 11.9 Å². The summed E-state index contributed by atoms with van der Waals surface area (Å²) in [6.45, 7) is 5.32. The van der Waals surface area contributed by atoms with Crippen molar-refractivity contribution < 1.29 is 22.7 Å². The van der Waals surface area contributed by atoms with Gasteiger partial charge in [0.2, 0.25) is 17.7 Å². The maximum atomic E-state index is 13.9. The van der Waals surface area contributed by atoms with Gasteiger partial charge in [-0.2, -0.15) is 23.5 Å². The Balaban J connectivity index is 2.26. The Bertz CT molecular complexity index is 1200. The molecule has 7 nitrogen and oxygen atoms in total. The fraction of sp³-hybridized carbons (Fsp3) is 0.375. The molecule has 0 fully saturated rings. The summed E-state index contributed by atoms with van der Waals surface area (Å²) < 4.78 is 47.3. The Labute approximate surface area is 195 Å². The van der Waals surface area contributed by atoms with Crippen molar-refractivity contribution in [3.05, 3.63) is 63.7 Å². The van der Waals surface area contributed by atoms with Gasteiger partial charge in [-0.05, 0) is 48.9 Å². The highest BCUT2D eigenvalue weighted by Gasteiger charge is 2.51. The molecular weight excluding hydrogens is 447 g/mol. The van der Waals surface area contributed by atoms with Gasteiger partial charge in [-0.15, -0.1) is 0 Å². The Hall–Kier alpha value is -3.74. The highest BCUT2D eigenvalue weighted by molar-refractivity contribution is 5.73. The number of aryl methyl sites for hydroxylation is 1. The van der Waals surface area contributed by atoms with Gasteiger partial charge in [0.1, 0.15) is 11.6 Å². The summed E-state index contributed by atoms with van der Waals surface area (Å²) in [5, 5.41) is 16.9. The van der Waals surface area contributed by atoms with Gasteiger partial charge in [0, 0.05) is 6.42 Å². The summed E-state index contributed by atoms with van der Waals surface area (Å²) >= 11 is 0. The summed E-state index contributed by atoms with van der Waals surface area (Å²) in [5.41, 5.74) is 10.6. The van der Waals surface area contributed by atoms with Gasteiger partial charge in [0.05, 0.1) is 22.2 Å². The lowest BCUT2D eigenvalue weighted by Gasteiger charge is -2.41. The summed E-state index contributed by atoms with van der Waals surface area (Å²) in [5.74, 6) is -0.805. The average Bonchev–Trinajstić information content (AvgIpc) is 3.11. The Morgan fingerprint density at radius 2 is 2.06 bits per heavy atom. The number of amides is 1. The SMILES string of the molecule is Cc1n[nH]c2c1C(c1cc(/C=C/CCCC(N)=O)cc(C(F)(F)F)c1)(C(C)C)C(C#N)=C(N)O2. The molecule has 1 aromatic carbocycles. The van der Waals surface area contributed by atoms with Crippen LogP contribution in [0.4, 0.5) is 13.2 Å². The molecule has 0 spiro atoms. The molecule has 1 aliphatic rings. The average molecular weight is 473 g/mol. The fourth-order valence-corrected chi connectivity index (χ4v) is 4.52. The van der Waals surface area contributed by atoms with Gasteiger partial charge in [0.15, 0.2) is 0 Å². The number of allylic oxidation sites excluding steroid dienone is 2. The van der Waals surface area contributed by atoms with Crippen LogP contribution in [0.25, 0.3) is 6.08 Å². The lowest BCUT2D eigenvalue weighted by Crippen LogP contribution is -2.41. The first-order valence-electron chi connectivity index (χ1n) is 10.7. The molecule has 2 aromatic rings. The van der Waals surface area contributed by atoms with Crippen molar-refractivity contribution in [3.63, 3.8) is 0 Å². The predicted octanol–water partition coefficient (Wildman–Crippen LogP) is 4.43. The molecule has 10 heteroatoms. The number of H-pyrrole nitrogens is 1. The van der Waals surface area contributed by atoms with Crippen LogP contribution in [-0.2, 0) is 16.4 Å². The standard InChI is InChI=1S/C24H26F3N5O2/c1-13(2)23(18(12-28)21(30)34-22-20(23)14(3)31-32-22)16-9-15(7-5-4-6-8-19(29)33)10-17(11-16)24(25,26)27/h5,7,9-11,13H,4,6,8,30H2,1-3H3,(H2,29,33)(H,31,32)/b7-5+. The number of rotatable bonds is 7. The van der Waals surface area contributed by atoms with Crippen LogP contribution in [0.1, 0.15) is 61.1 Å². The van der Waals surface area contributed by atoms with Crippen LogP contribution in [0.5, 0.6) is 5.88 Å². The minimum Gasteiger partial charge on any atom is -0.422 e. The molecule has 1 aromatic heterocycles. The number of nitriles is 1. The zero-order chi connectivity index (χ0) is 25.3. The molecule has 1 aliphatic heterocycles. The fourth-order valence-electron chi connectivity index (χ4n) is 4.52. The Kier molecular flexibility index (Phi) is 6.77. The molecule has 0 radical (unpaired) electrons. The number of nitrogens with zero attached hydrogens (tertiary/aromatic N) is 2. The third kappa shape index (κ3) is 4.38. The van der Waals surface area contributed by atoms with E-state index in [2.05, 4.69) is 16.3 Å². The molecule has 1 atom stereocenters. The molecule has 5 N–H and O–H groups in total. The van der Waals surface area contributed by atoms with E-state index in [1.54, 1.807) is 25.1 Å². The van der Waals surface area contributed by atoms with Gasteiger partial charge < -0.3 is 16.2 Å². The van der Waals surface area contributed by atoms with Gasteiger partial charge in [-0.3, -0.25) is 4.79 Å². The molecule has 0 saturated carbocycles. The second kappa shape index (κ2) is 9.25. The van der Waals surface area contributed by atoms with E-state index in [-0.39, 0.29) is 35.2 Å². The quantitative estimate of drug-likeness (QED) is 0.512. The second-order valence-electron chi connectivity index (χ2n) is 8.53. The van der Waals surface area contributed by atoms with Crippen molar-refractivity contribution in [1.82, 2.24) is 10.2 Å². The summed E-state index contributed by atoms with van der Waals surface area (Å²) in [6.07, 6.45) is -0.218. The Morgan fingerprint density at radius 1 is 1.35 bits per heavy atom. The number of aromatic nitrogens is 2. The predicted molar refractivity (Wildman–Crippen MR) is 120 cm³/mol. The molecule has 0 aliphatic carbocycles. The first-order chi connectivity index (χ1) is 15.9. The van der Waals surface area contributed by atoms with Crippen LogP contribution < -0.4 is 16.2 Å². The number of nitrogens with one attached hydrogen (secondary N) is 1. The number of unbranched alkanes of at least 4 members (excludes halogenated alkanes) is 1. The van der Waals surface area contributed by atoms with Crippen LogP contribution in [0.2, 0.25) is 0 Å². The van der Waals surface area contributed by atoms with Crippen molar-refractivity contribution >= 4 is 12.0 Å². The van der Waals surface area contributed by atoms with E-state index in [9.17, 15) is 23.2 Å². The monoisotopic (exact) mass is 473 g/mol. The molecule has 0 bridgehead atoms. The number of nitrogens with two attached hydrogens (primary N) is 2. The summed E-state index contributed by atoms with van der Waals surface area (Å²) in [4.78, 5) is 10.9. The number of primary amides is 1. The number of alkyl halides is 3. The Morgan fingerprint density at radius 3 is 2.65 bits per heavy atom. The van der Waals surface area contributed by atoms with Crippen LogP contribution in [0, 0.1) is 24.2 Å². The van der Waals surface area contributed by atoms with Gasteiger partial charge in [0.25, 0.3) is 0 Å².